The molecule has 2 atom stereocenters. The summed E-state index contributed by atoms with van der Waals surface area (Å²) in [5.41, 5.74) is 2.41. The van der Waals surface area contributed by atoms with Crippen molar-refractivity contribution in [3.05, 3.63) is 96.1 Å². The predicted octanol–water partition coefficient (Wildman–Crippen LogP) is 5.05. The molecule has 1 N–H and O–H groups in total. The maximum atomic E-state index is 13.2. The third-order valence-electron chi connectivity index (χ3n) is 4.71. The zero-order valence-corrected chi connectivity index (χ0v) is 15.5. The molecule has 28 heavy (non-hydrogen) atoms. The fourth-order valence-corrected chi connectivity index (χ4v) is 3.32. The molecule has 142 valence electrons. The van der Waals surface area contributed by atoms with E-state index in [1.807, 2.05) is 66.1 Å². The molecule has 0 saturated heterocycles. The monoisotopic (exact) mass is 376 g/mol. The number of rotatable bonds is 6. The van der Waals surface area contributed by atoms with Crippen molar-refractivity contribution < 1.29 is 14.2 Å². The predicted molar refractivity (Wildman–Crippen MR) is 107 cm³/mol. The average molecular weight is 376 g/mol. The van der Waals surface area contributed by atoms with Gasteiger partial charge in [0.1, 0.15) is 11.6 Å². The maximum Gasteiger partial charge on any atom is 0.153 e. The van der Waals surface area contributed by atoms with Gasteiger partial charge >= 0.3 is 0 Å². The molecule has 1 aromatic heterocycles. The molecular formula is C23H21FN2O2. The second-order valence-electron chi connectivity index (χ2n) is 6.71. The van der Waals surface area contributed by atoms with Crippen molar-refractivity contribution in [2.75, 3.05) is 0 Å². The van der Waals surface area contributed by atoms with Crippen molar-refractivity contribution in [3.63, 3.8) is 0 Å². The van der Waals surface area contributed by atoms with Gasteiger partial charge in [0.05, 0.1) is 23.7 Å². The number of hydrogen-bond acceptors (Lipinski definition) is 3. The van der Waals surface area contributed by atoms with Crippen LogP contribution in [-0.4, -0.2) is 14.7 Å². The second-order valence-corrected chi connectivity index (χ2v) is 6.71. The van der Waals surface area contributed by atoms with E-state index in [2.05, 4.69) is 0 Å². The lowest BCUT2D eigenvalue weighted by Gasteiger charge is -2.19. The van der Waals surface area contributed by atoms with E-state index in [4.69, 9.17) is 9.72 Å². The summed E-state index contributed by atoms with van der Waals surface area (Å²) in [5, 5.41) is 10.7. The zero-order valence-electron chi connectivity index (χ0n) is 15.5. The Kier molecular flexibility index (Phi) is 5.08. The van der Waals surface area contributed by atoms with E-state index in [-0.39, 0.29) is 11.9 Å². The number of ether oxygens (including phenoxy) is 1. The van der Waals surface area contributed by atoms with E-state index < -0.39 is 6.10 Å². The lowest BCUT2D eigenvalue weighted by Crippen LogP contribution is -2.16. The van der Waals surface area contributed by atoms with Crippen LogP contribution >= 0.6 is 0 Å². The highest BCUT2D eigenvalue weighted by atomic mass is 19.1. The Bertz CT molecular complexity index is 1060. The average Bonchev–Trinajstić information content (AvgIpc) is 3.08. The first kappa shape index (κ1) is 18.2. The highest BCUT2D eigenvalue weighted by molar-refractivity contribution is 5.76. The Balaban J connectivity index is 1.67. The Labute approximate surface area is 162 Å². The fraction of sp³-hybridized carbons (Fsp3) is 0.174. The summed E-state index contributed by atoms with van der Waals surface area (Å²) in [6, 6.07) is 23.3. The number of fused-ring (bicyclic) bond motifs is 1. The summed E-state index contributed by atoms with van der Waals surface area (Å²) < 4.78 is 21.2. The van der Waals surface area contributed by atoms with E-state index in [1.54, 1.807) is 12.1 Å². The molecule has 0 saturated carbocycles. The van der Waals surface area contributed by atoms with Crippen LogP contribution in [0, 0.1) is 5.82 Å². The molecule has 4 aromatic rings. The van der Waals surface area contributed by atoms with Gasteiger partial charge in [-0.1, -0.05) is 42.5 Å². The number of aromatic nitrogens is 2. The van der Waals surface area contributed by atoms with E-state index in [0.717, 1.165) is 22.6 Å². The second kappa shape index (κ2) is 7.82. The van der Waals surface area contributed by atoms with E-state index in [0.29, 0.717) is 12.1 Å². The van der Waals surface area contributed by atoms with Crippen molar-refractivity contribution in [2.24, 2.45) is 0 Å². The number of nitrogens with zero attached hydrogens (tertiary/aromatic N) is 2. The van der Waals surface area contributed by atoms with Gasteiger partial charge in [0.25, 0.3) is 0 Å². The topological polar surface area (TPSA) is 47.3 Å². The van der Waals surface area contributed by atoms with Gasteiger partial charge in [0.15, 0.2) is 11.9 Å². The molecule has 0 radical (unpaired) electrons. The summed E-state index contributed by atoms with van der Waals surface area (Å²) in [7, 11) is 0. The summed E-state index contributed by atoms with van der Waals surface area (Å²) >= 11 is 0. The quantitative estimate of drug-likeness (QED) is 0.512. The van der Waals surface area contributed by atoms with Gasteiger partial charge in [0, 0.05) is 0 Å². The number of benzene rings is 3. The molecule has 0 aliphatic heterocycles. The van der Waals surface area contributed by atoms with Crippen LogP contribution in [0.1, 0.15) is 30.5 Å². The van der Waals surface area contributed by atoms with E-state index >= 15 is 0 Å². The van der Waals surface area contributed by atoms with E-state index in [9.17, 15) is 9.50 Å². The van der Waals surface area contributed by atoms with Gasteiger partial charge in [-0.05, 0) is 48.9 Å². The molecule has 0 aliphatic rings. The molecule has 0 unspecified atom stereocenters. The van der Waals surface area contributed by atoms with Crippen LogP contribution in [-0.2, 0) is 6.54 Å². The Morgan fingerprint density at radius 3 is 2.39 bits per heavy atom. The Morgan fingerprint density at radius 1 is 0.964 bits per heavy atom. The molecule has 3 aromatic carbocycles. The first-order valence-corrected chi connectivity index (χ1v) is 9.22. The Hall–Kier alpha value is -3.18. The molecule has 0 bridgehead atoms. The third kappa shape index (κ3) is 3.75. The summed E-state index contributed by atoms with van der Waals surface area (Å²) in [6.07, 6.45) is -1.10. The van der Waals surface area contributed by atoms with Crippen LogP contribution in [0.3, 0.4) is 0 Å². The van der Waals surface area contributed by atoms with Crippen molar-refractivity contribution in [1.82, 2.24) is 9.55 Å². The van der Waals surface area contributed by atoms with Crippen molar-refractivity contribution in [2.45, 2.75) is 25.7 Å². The van der Waals surface area contributed by atoms with Crippen LogP contribution < -0.4 is 4.74 Å². The highest BCUT2D eigenvalue weighted by Gasteiger charge is 2.20. The standard InChI is InChI=1S/C23H21FN2O2/c1-16(28-19-7-3-2-4-8-19)23-25-20-9-5-6-10-21(20)26(23)15-22(27)17-11-13-18(24)14-12-17/h2-14,16,22,27H,15H2,1H3/t16-,22+/m1/s1. The number of para-hydroxylation sites is 3. The van der Waals surface area contributed by atoms with Crippen LogP contribution in [0.25, 0.3) is 11.0 Å². The fourth-order valence-electron chi connectivity index (χ4n) is 3.32. The van der Waals surface area contributed by atoms with Crippen LogP contribution in [0.2, 0.25) is 0 Å². The van der Waals surface area contributed by atoms with Gasteiger partial charge in [-0.3, -0.25) is 0 Å². The molecule has 4 rings (SSSR count). The van der Waals surface area contributed by atoms with Gasteiger partial charge in [-0.2, -0.15) is 0 Å². The van der Waals surface area contributed by atoms with Gasteiger partial charge < -0.3 is 14.4 Å². The smallest absolute Gasteiger partial charge is 0.153 e. The minimum Gasteiger partial charge on any atom is -0.483 e. The van der Waals surface area contributed by atoms with Crippen LogP contribution in [0.5, 0.6) is 5.75 Å². The van der Waals surface area contributed by atoms with Crippen LogP contribution in [0.15, 0.2) is 78.9 Å². The molecule has 0 aliphatic carbocycles. The molecule has 1 heterocycles. The minimum atomic E-state index is -0.791. The summed E-state index contributed by atoms with van der Waals surface area (Å²) in [4.78, 5) is 4.74. The van der Waals surface area contributed by atoms with Crippen molar-refractivity contribution in [3.8, 4) is 5.75 Å². The molecule has 0 amide bonds. The van der Waals surface area contributed by atoms with E-state index in [1.165, 1.54) is 12.1 Å². The first-order chi connectivity index (χ1) is 13.6. The summed E-state index contributed by atoms with van der Waals surface area (Å²) in [6.45, 7) is 2.24. The SMILES string of the molecule is C[C@@H](Oc1ccccc1)c1nc2ccccc2n1C[C@H](O)c1ccc(F)cc1. The normalized spacial score (nSPS) is 13.4. The molecule has 0 fully saturated rings. The van der Waals surface area contributed by atoms with Gasteiger partial charge in [-0.15, -0.1) is 0 Å². The number of hydrogen-bond donors (Lipinski definition) is 1. The van der Waals surface area contributed by atoms with Gasteiger partial charge in [-0.25, -0.2) is 9.37 Å². The molecule has 0 spiro atoms. The minimum absolute atomic E-state index is 0.296. The van der Waals surface area contributed by atoms with Crippen LogP contribution in [0.4, 0.5) is 4.39 Å². The lowest BCUT2D eigenvalue weighted by molar-refractivity contribution is 0.149. The number of imidazole rings is 1. The first-order valence-electron chi connectivity index (χ1n) is 9.22. The Morgan fingerprint density at radius 2 is 1.64 bits per heavy atom. The third-order valence-corrected chi connectivity index (χ3v) is 4.71. The molecule has 5 heteroatoms. The highest BCUT2D eigenvalue weighted by Crippen LogP contribution is 2.27. The number of halogens is 1. The zero-order chi connectivity index (χ0) is 19.5. The number of aliphatic hydroxyl groups excluding tert-OH is 1. The largest absolute Gasteiger partial charge is 0.483 e. The van der Waals surface area contributed by atoms with Gasteiger partial charge in [0.2, 0.25) is 0 Å². The summed E-state index contributed by atoms with van der Waals surface area (Å²) in [5.74, 6) is 1.16. The van der Waals surface area contributed by atoms with Crippen molar-refractivity contribution in [1.29, 1.82) is 0 Å². The maximum absolute atomic E-state index is 13.2. The molecular weight excluding hydrogens is 355 g/mol. The van der Waals surface area contributed by atoms with Crippen molar-refractivity contribution >= 4 is 11.0 Å². The lowest BCUT2D eigenvalue weighted by atomic mass is 10.1. The number of aliphatic hydroxyl groups is 1. The molecule has 4 nitrogen and oxygen atoms in total.